The predicted molar refractivity (Wildman–Crippen MR) is 78.4 cm³/mol. The van der Waals surface area contributed by atoms with Gasteiger partial charge in [0.1, 0.15) is 5.76 Å². The monoisotopic (exact) mass is 276 g/mol. The molecule has 2 rings (SSSR count). The van der Waals surface area contributed by atoms with Crippen molar-refractivity contribution in [2.24, 2.45) is 7.05 Å². The Morgan fingerprint density at radius 1 is 1.40 bits per heavy atom. The summed E-state index contributed by atoms with van der Waals surface area (Å²) >= 11 is 0. The highest BCUT2D eigenvalue weighted by molar-refractivity contribution is 5.24. The zero-order chi connectivity index (χ0) is 14.9. The standard InChI is InChI=1S/C15H24N4O/c1-10-7-17-14(20-10)11(2)16-8-12-9-19(6)18-13(12)15(3,4)5/h7,9,11,16H,8H2,1-6H3. The van der Waals surface area contributed by atoms with Crippen LogP contribution in [0.1, 0.15) is 56.6 Å². The van der Waals surface area contributed by atoms with Crippen LogP contribution in [0.2, 0.25) is 0 Å². The van der Waals surface area contributed by atoms with Crippen molar-refractivity contribution in [1.29, 1.82) is 0 Å². The second-order valence-corrected chi connectivity index (χ2v) is 6.34. The molecule has 0 saturated carbocycles. The average molecular weight is 276 g/mol. The Morgan fingerprint density at radius 2 is 2.10 bits per heavy atom. The molecule has 0 amide bonds. The molecule has 0 radical (unpaired) electrons. The Kier molecular flexibility index (Phi) is 3.99. The molecule has 5 heteroatoms. The van der Waals surface area contributed by atoms with Gasteiger partial charge in [0.05, 0.1) is 17.9 Å². The van der Waals surface area contributed by atoms with Gasteiger partial charge in [-0.15, -0.1) is 0 Å². The van der Waals surface area contributed by atoms with Crippen molar-refractivity contribution in [3.8, 4) is 0 Å². The molecule has 0 bridgehead atoms. The van der Waals surface area contributed by atoms with Crippen molar-refractivity contribution in [1.82, 2.24) is 20.1 Å². The number of aromatic nitrogens is 3. The van der Waals surface area contributed by atoms with E-state index in [1.807, 2.05) is 18.7 Å². The van der Waals surface area contributed by atoms with E-state index in [1.165, 1.54) is 5.56 Å². The van der Waals surface area contributed by atoms with Crippen LogP contribution >= 0.6 is 0 Å². The van der Waals surface area contributed by atoms with Gasteiger partial charge in [-0.2, -0.15) is 5.10 Å². The largest absolute Gasteiger partial charge is 0.444 e. The highest BCUT2D eigenvalue weighted by atomic mass is 16.4. The highest BCUT2D eigenvalue weighted by Gasteiger charge is 2.22. The Balaban J connectivity index is 2.08. The number of hydrogen-bond acceptors (Lipinski definition) is 4. The minimum absolute atomic E-state index is 0.0427. The summed E-state index contributed by atoms with van der Waals surface area (Å²) in [6.07, 6.45) is 3.82. The number of aryl methyl sites for hydroxylation is 2. The molecule has 0 aliphatic rings. The van der Waals surface area contributed by atoms with Gasteiger partial charge in [-0.3, -0.25) is 4.68 Å². The number of hydrogen-bond donors (Lipinski definition) is 1. The van der Waals surface area contributed by atoms with Gasteiger partial charge in [-0.05, 0) is 13.8 Å². The van der Waals surface area contributed by atoms with Crippen molar-refractivity contribution in [2.45, 2.75) is 52.6 Å². The maximum atomic E-state index is 5.54. The molecular formula is C15H24N4O. The van der Waals surface area contributed by atoms with E-state index in [-0.39, 0.29) is 11.5 Å². The number of nitrogens with zero attached hydrogens (tertiary/aromatic N) is 3. The fraction of sp³-hybridized carbons (Fsp3) is 0.600. The first kappa shape index (κ1) is 14.8. The van der Waals surface area contributed by atoms with Gasteiger partial charge in [0.15, 0.2) is 0 Å². The van der Waals surface area contributed by atoms with Gasteiger partial charge in [0, 0.05) is 30.8 Å². The fourth-order valence-corrected chi connectivity index (χ4v) is 2.22. The van der Waals surface area contributed by atoms with Crippen molar-refractivity contribution >= 4 is 0 Å². The molecule has 2 aromatic rings. The van der Waals surface area contributed by atoms with E-state index in [2.05, 4.69) is 49.3 Å². The molecule has 0 aliphatic heterocycles. The van der Waals surface area contributed by atoms with Crippen molar-refractivity contribution in [3.63, 3.8) is 0 Å². The minimum atomic E-state index is 0.0427. The lowest BCUT2D eigenvalue weighted by atomic mass is 9.89. The summed E-state index contributed by atoms with van der Waals surface area (Å²) in [5.41, 5.74) is 2.39. The zero-order valence-electron chi connectivity index (χ0n) is 13.2. The first-order valence-corrected chi connectivity index (χ1v) is 6.96. The summed E-state index contributed by atoms with van der Waals surface area (Å²) in [5, 5.41) is 8.02. The smallest absolute Gasteiger partial charge is 0.211 e. The molecule has 0 saturated heterocycles. The van der Waals surface area contributed by atoms with E-state index in [9.17, 15) is 0 Å². The maximum absolute atomic E-state index is 5.54. The van der Waals surface area contributed by atoms with Crippen molar-refractivity contribution in [3.05, 3.63) is 35.3 Å². The summed E-state index contributed by atoms with van der Waals surface area (Å²) in [7, 11) is 1.96. The first-order chi connectivity index (χ1) is 9.27. The minimum Gasteiger partial charge on any atom is -0.444 e. The summed E-state index contributed by atoms with van der Waals surface area (Å²) in [4.78, 5) is 4.25. The van der Waals surface area contributed by atoms with Gasteiger partial charge in [-0.25, -0.2) is 4.98 Å². The van der Waals surface area contributed by atoms with E-state index in [0.29, 0.717) is 0 Å². The lowest BCUT2D eigenvalue weighted by molar-refractivity contribution is 0.401. The molecule has 2 aromatic heterocycles. The van der Waals surface area contributed by atoms with Gasteiger partial charge < -0.3 is 9.73 Å². The van der Waals surface area contributed by atoms with Crippen LogP contribution in [0.25, 0.3) is 0 Å². The fourth-order valence-electron chi connectivity index (χ4n) is 2.22. The second-order valence-electron chi connectivity index (χ2n) is 6.34. The number of rotatable bonds is 4. The van der Waals surface area contributed by atoms with Crippen LogP contribution in [-0.2, 0) is 19.0 Å². The highest BCUT2D eigenvalue weighted by Crippen LogP contribution is 2.24. The van der Waals surface area contributed by atoms with E-state index in [1.54, 1.807) is 6.20 Å². The molecular weight excluding hydrogens is 252 g/mol. The summed E-state index contributed by atoms with van der Waals surface area (Å²) in [6.45, 7) is 11.3. The van der Waals surface area contributed by atoms with Gasteiger partial charge in [0.2, 0.25) is 5.89 Å². The zero-order valence-corrected chi connectivity index (χ0v) is 13.2. The van der Waals surface area contributed by atoms with E-state index in [0.717, 1.165) is 23.9 Å². The van der Waals surface area contributed by atoms with Gasteiger partial charge >= 0.3 is 0 Å². The third-order valence-corrected chi connectivity index (χ3v) is 3.22. The Morgan fingerprint density at radius 3 is 2.65 bits per heavy atom. The quantitative estimate of drug-likeness (QED) is 0.933. The molecule has 1 atom stereocenters. The first-order valence-electron chi connectivity index (χ1n) is 6.96. The van der Waals surface area contributed by atoms with Crippen LogP contribution in [0.5, 0.6) is 0 Å². The molecule has 0 fully saturated rings. The SMILES string of the molecule is Cc1cnc(C(C)NCc2cn(C)nc2C(C)(C)C)o1. The van der Waals surface area contributed by atoms with Crippen molar-refractivity contribution < 1.29 is 4.42 Å². The molecule has 1 unspecified atom stereocenters. The lowest BCUT2D eigenvalue weighted by Crippen LogP contribution is -2.21. The molecule has 5 nitrogen and oxygen atoms in total. The molecule has 2 heterocycles. The van der Waals surface area contributed by atoms with Gasteiger partial charge in [-0.1, -0.05) is 20.8 Å². The Bertz CT molecular complexity index is 577. The topological polar surface area (TPSA) is 55.9 Å². The maximum Gasteiger partial charge on any atom is 0.211 e. The van der Waals surface area contributed by atoms with Crippen LogP contribution in [0.3, 0.4) is 0 Å². The third kappa shape index (κ3) is 3.28. The number of oxazole rings is 1. The molecule has 110 valence electrons. The molecule has 20 heavy (non-hydrogen) atoms. The van der Waals surface area contributed by atoms with Crippen LogP contribution < -0.4 is 5.32 Å². The second kappa shape index (κ2) is 5.40. The molecule has 0 spiro atoms. The number of nitrogens with one attached hydrogen (secondary N) is 1. The molecule has 0 aromatic carbocycles. The molecule has 0 aliphatic carbocycles. The Labute approximate surface area is 120 Å². The predicted octanol–water partition coefficient (Wildman–Crippen LogP) is 2.86. The van der Waals surface area contributed by atoms with Crippen LogP contribution in [0, 0.1) is 6.92 Å². The van der Waals surface area contributed by atoms with E-state index >= 15 is 0 Å². The van der Waals surface area contributed by atoms with E-state index in [4.69, 9.17) is 4.42 Å². The summed E-state index contributed by atoms with van der Waals surface area (Å²) in [6, 6.07) is 0.0803. The average Bonchev–Trinajstić information content (AvgIpc) is 2.91. The van der Waals surface area contributed by atoms with E-state index < -0.39 is 0 Å². The molecule has 1 N–H and O–H groups in total. The lowest BCUT2D eigenvalue weighted by Gasteiger charge is -2.18. The van der Waals surface area contributed by atoms with Crippen molar-refractivity contribution in [2.75, 3.05) is 0 Å². The third-order valence-electron chi connectivity index (χ3n) is 3.22. The normalized spacial score (nSPS) is 13.7. The van der Waals surface area contributed by atoms with Crippen LogP contribution in [-0.4, -0.2) is 14.8 Å². The van der Waals surface area contributed by atoms with Gasteiger partial charge in [0.25, 0.3) is 0 Å². The Hall–Kier alpha value is -1.62. The summed E-state index contributed by atoms with van der Waals surface area (Å²) < 4.78 is 7.41. The van der Waals surface area contributed by atoms with Crippen LogP contribution in [0.4, 0.5) is 0 Å². The van der Waals surface area contributed by atoms with Crippen LogP contribution in [0.15, 0.2) is 16.8 Å². The summed E-state index contributed by atoms with van der Waals surface area (Å²) in [5.74, 6) is 1.56.